The summed E-state index contributed by atoms with van der Waals surface area (Å²) in [7, 11) is 0. The van der Waals surface area contributed by atoms with Crippen molar-refractivity contribution in [3.8, 4) is 0 Å². The summed E-state index contributed by atoms with van der Waals surface area (Å²) in [6.07, 6.45) is 5.89. The van der Waals surface area contributed by atoms with Gasteiger partial charge in [0.15, 0.2) is 12.1 Å². The van der Waals surface area contributed by atoms with Crippen molar-refractivity contribution in [2.75, 3.05) is 6.61 Å². The van der Waals surface area contributed by atoms with Gasteiger partial charge in [-0.15, -0.1) is 0 Å². The first-order valence-corrected chi connectivity index (χ1v) is 24.3. The Morgan fingerprint density at radius 3 is 1.90 bits per heavy atom. The Labute approximate surface area is 406 Å². The smallest absolute Gasteiger partial charge is 0.314 e. The van der Waals surface area contributed by atoms with Crippen LogP contribution in [0.15, 0.2) is 85.1 Å². The van der Waals surface area contributed by atoms with Gasteiger partial charge in [0.1, 0.15) is 18.1 Å². The molecular weight excluding hydrogens is 899 g/mol. The fraction of sp³-hybridized carbons (Fsp3) is 0.686. The molecule has 19 atom stereocenters. The van der Waals surface area contributed by atoms with Crippen molar-refractivity contribution in [3.05, 3.63) is 85.1 Å². The number of unbranched alkanes of at least 4 members (excludes halogenated alkanes) is 1. The summed E-state index contributed by atoms with van der Waals surface area (Å²) in [6, 6.07) is -1.13. The van der Waals surface area contributed by atoms with E-state index >= 15 is 0 Å². The van der Waals surface area contributed by atoms with Gasteiger partial charge in [0.05, 0.1) is 86.2 Å². The van der Waals surface area contributed by atoms with Gasteiger partial charge in [0.25, 0.3) is 0 Å². The first-order valence-electron chi connectivity index (χ1n) is 24.3. The zero-order valence-corrected chi connectivity index (χ0v) is 40.7. The number of rotatable bonds is 6. The second-order valence-electron chi connectivity index (χ2n) is 18.8. The molecule has 3 rings (SSSR count). The second kappa shape index (κ2) is 30.4. The molecule has 0 aromatic rings. The fourth-order valence-electron chi connectivity index (χ4n) is 8.37. The number of allylic oxidation sites excluding steroid dienone is 12. The molecule has 0 aromatic carbocycles. The van der Waals surface area contributed by atoms with Crippen LogP contribution in [0.5, 0.6) is 0 Å². The van der Waals surface area contributed by atoms with Gasteiger partial charge in [-0.25, -0.2) is 0 Å². The number of ether oxygens (including phenoxy) is 5. The largest absolute Gasteiger partial charge is 0.465 e. The third-order valence-electron chi connectivity index (χ3n) is 12.8. The third kappa shape index (κ3) is 20.7. The normalized spacial score (nSPS) is 43.5. The maximum atomic E-state index is 13.6. The molecule has 3 aliphatic rings. The van der Waals surface area contributed by atoms with E-state index in [0.717, 1.165) is 6.42 Å². The highest BCUT2D eigenvalue weighted by molar-refractivity contribution is 5.74. The third-order valence-corrected chi connectivity index (χ3v) is 12.8. The maximum absolute atomic E-state index is 13.6. The van der Waals surface area contributed by atoms with E-state index in [0.29, 0.717) is 6.42 Å². The molecule has 18 nitrogen and oxygen atoms in total. The summed E-state index contributed by atoms with van der Waals surface area (Å²) in [5.74, 6) is -5.87. The summed E-state index contributed by atoms with van der Waals surface area (Å²) in [4.78, 5) is 26.2. The van der Waals surface area contributed by atoms with E-state index in [1.165, 1.54) is 0 Å². The molecule has 2 fully saturated rings. The zero-order chi connectivity index (χ0) is 51.3. The van der Waals surface area contributed by atoms with E-state index in [1.807, 2.05) is 50.3 Å². The lowest BCUT2D eigenvalue weighted by Crippen LogP contribution is -2.61. The van der Waals surface area contributed by atoms with Crippen molar-refractivity contribution in [1.82, 2.24) is 0 Å². The monoisotopic (exact) mass is 980 g/mol. The number of cyclic esters (lactones) is 1. The molecule has 392 valence electrons. The summed E-state index contributed by atoms with van der Waals surface area (Å²) in [5.41, 5.74) is 6.09. The number of esters is 2. The molecule has 18 heteroatoms. The summed E-state index contributed by atoms with van der Waals surface area (Å²) < 4.78 is 29.1. The average molecular weight is 980 g/mol. The molecule has 3 heterocycles. The lowest BCUT2D eigenvalue weighted by atomic mass is 9.82. The lowest BCUT2D eigenvalue weighted by molar-refractivity contribution is -0.309. The SMILES string of the molecule is CCCCOC(=O)[C@H]1[C@@H]2C[C@@H](O[C@@H]3O[C@H](C)[C@@H](O)[C@H](N)[C@@H]3O)/C=C/C=C/C=C/C=C/C=C/C=C/C=C\[C@H](C)[C@@H](O)[C@@H](C)[C@H](C)OC(=O)C[C@H](O)C[C@H](O)CC[C@@H](O)[C@H](O)C[C@H](O)C[C@](O)(C[C@@H]1O)O2. The molecule has 0 radical (unpaired) electrons. The predicted octanol–water partition coefficient (Wildman–Crippen LogP) is 1.97. The highest BCUT2D eigenvalue weighted by Crippen LogP contribution is 2.39. The Morgan fingerprint density at radius 2 is 1.29 bits per heavy atom. The van der Waals surface area contributed by atoms with Crippen molar-refractivity contribution in [2.24, 2.45) is 23.5 Å². The first-order chi connectivity index (χ1) is 32.7. The minimum absolute atomic E-state index is 0.0593. The molecule has 0 aromatic heterocycles. The van der Waals surface area contributed by atoms with Gasteiger partial charge in [0, 0.05) is 37.5 Å². The van der Waals surface area contributed by atoms with Gasteiger partial charge >= 0.3 is 11.9 Å². The van der Waals surface area contributed by atoms with E-state index in [1.54, 1.807) is 69.4 Å². The van der Waals surface area contributed by atoms with Crippen LogP contribution in [-0.4, -0.2) is 167 Å². The van der Waals surface area contributed by atoms with Crippen LogP contribution in [0.4, 0.5) is 0 Å². The van der Waals surface area contributed by atoms with Gasteiger partial charge in [-0.3, -0.25) is 9.59 Å². The highest BCUT2D eigenvalue weighted by atomic mass is 16.7. The Balaban J connectivity index is 1.92. The topological polar surface area (TPSA) is 309 Å². The Hall–Kier alpha value is -3.44. The average Bonchev–Trinajstić information content (AvgIpc) is 3.27. The Kier molecular flexibility index (Phi) is 26.4. The molecule has 0 unspecified atom stereocenters. The number of aliphatic hydroxyl groups is 10. The molecule has 2 saturated heterocycles. The number of nitrogens with two attached hydrogens (primary N) is 1. The Morgan fingerprint density at radius 1 is 0.696 bits per heavy atom. The minimum Gasteiger partial charge on any atom is -0.465 e. The predicted molar refractivity (Wildman–Crippen MR) is 255 cm³/mol. The van der Waals surface area contributed by atoms with Gasteiger partial charge in [0.2, 0.25) is 0 Å². The van der Waals surface area contributed by atoms with Crippen molar-refractivity contribution >= 4 is 11.9 Å². The van der Waals surface area contributed by atoms with Crippen LogP contribution in [0, 0.1) is 17.8 Å². The van der Waals surface area contributed by atoms with E-state index in [2.05, 4.69) is 0 Å². The number of hydrogen-bond acceptors (Lipinski definition) is 18. The summed E-state index contributed by atoms with van der Waals surface area (Å²) in [5, 5.41) is 109. The van der Waals surface area contributed by atoms with Crippen LogP contribution in [0.1, 0.15) is 98.8 Å². The molecule has 3 aliphatic heterocycles. The lowest BCUT2D eigenvalue weighted by Gasteiger charge is -2.45. The van der Waals surface area contributed by atoms with Crippen LogP contribution in [0.2, 0.25) is 0 Å². The first kappa shape index (κ1) is 59.9. The van der Waals surface area contributed by atoms with E-state index < -0.39 is 147 Å². The van der Waals surface area contributed by atoms with Crippen LogP contribution < -0.4 is 5.73 Å². The van der Waals surface area contributed by atoms with Crippen molar-refractivity contribution in [2.45, 2.75) is 196 Å². The van der Waals surface area contributed by atoms with Crippen molar-refractivity contribution < 1.29 is 84.3 Å². The Bertz CT molecular complexity index is 1730. The molecule has 0 amide bonds. The van der Waals surface area contributed by atoms with E-state index in [4.69, 9.17) is 29.4 Å². The number of carbonyl (C=O) groups is 2. The number of hydrogen-bond donors (Lipinski definition) is 11. The van der Waals surface area contributed by atoms with E-state index in [9.17, 15) is 60.7 Å². The summed E-state index contributed by atoms with van der Waals surface area (Å²) >= 11 is 0. The number of fused-ring (bicyclic) bond motifs is 2. The van der Waals surface area contributed by atoms with Crippen LogP contribution >= 0.6 is 0 Å². The van der Waals surface area contributed by atoms with Crippen LogP contribution in [0.25, 0.3) is 0 Å². The van der Waals surface area contributed by atoms with Gasteiger partial charge in [-0.1, -0.05) is 112 Å². The van der Waals surface area contributed by atoms with Crippen LogP contribution in [0.3, 0.4) is 0 Å². The molecule has 0 saturated carbocycles. The maximum Gasteiger partial charge on any atom is 0.314 e. The standard InChI is InChI=1S/C51H81NO17/c1-6-7-24-65-49(63)44-41(58)30-51(64)29-37(55)26-40(57)39(56)23-22-35(53)25-36(54)27-43(59)66-33(4)32(3)46(60)31(2)20-18-16-14-12-10-8-9-11-13-15-17-19-21-38(28-42(44)69-51)68-50-48(62)45(52)47(61)34(5)67-50/h8-21,31-42,44-48,50,53-58,60-62,64H,6-7,22-30,52H2,1-5H3/b9-8+,12-10+,13-11+,16-14+,17-15+,20-18-,21-19+/t31-,32-,33-,34+,35+,36+,37-,38-,39+,40+,41-,42-,44+,45-,46+,47+,48-,50-,51+/m0/s1. The highest BCUT2D eigenvalue weighted by Gasteiger charge is 2.51. The molecule has 69 heavy (non-hydrogen) atoms. The van der Waals surface area contributed by atoms with Gasteiger partial charge in [-0.05, 0) is 39.5 Å². The molecule has 0 aliphatic carbocycles. The van der Waals surface area contributed by atoms with E-state index in [-0.39, 0.29) is 38.2 Å². The number of aliphatic hydroxyl groups excluding tert-OH is 9. The fourth-order valence-corrected chi connectivity index (χ4v) is 8.37. The molecule has 12 N–H and O–H groups in total. The second-order valence-corrected chi connectivity index (χ2v) is 18.8. The molecule has 2 bridgehead atoms. The quantitative estimate of drug-likeness (QED) is 0.134. The van der Waals surface area contributed by atoms with Gasteiger partial charge < -0.3 is 80.5 Å². The number of carbonyl (C=O) groups excluding carboxylic acids is 2. The zero-order valence-electron chi connectivity index (χ0n) is 40.7. The van der Waals surface area contributed by atoms with Crippen molar-refractivity contribution in [3.63, 3.8) is 0 Å². The van der Waals surface area contributed by atoms with Crippen LogP contribution in [-0.2, 0) is 33.3 Å². The van der Waals surface area contributed by atoms with Crippen molar-refractivity contribution in [1.29, 1.82) is 0 Å². The molecular formula is C51H81NO17. The summed E-state index contributed by atoms with van der Waals surface area (Å²) in [6.45, 7) is 8.76. The van der Waals surface area contributed by atoms with Gasteiger partial charge in [-0.2, -0.15) is 0 Å². The molecule has 0 spiro atoms. The minimum atomic E-state index is -2.28.